The summed E-state index contributed by atoms with van der Waals surface area (Å²) in [7, 11) is 0.970. The molecule has 0 aliphatic rings. The van der Waals surface area contributed by atoms with E-state index in [1.807, 2.05) is 30.8 Å². The van der Waals surface area contributed by atoms with Gasteiger partial charge in [-0.3, -0.25) is 4.21 Å². The molecule has 0 fully saturated rings. The molecule has 2 unspecified atom stereocenters. The Morgan fingerprint density at radius 1 is 1.56 bits per heavy atom. The maximum Gasteiger partial charge on any atom is 0.180 e. The number of anilines is 2. The first-order valence-electron chi connectivity index (χ1n) is 5.69. The van der Waals surface area contributed by atoms with Gasteiger partial charge in [0.15, 0.2) is 11.5 Å². The van der Waals surface area contributed by atoms with Crippen molar-refractivity contribution in [2.45, 2.75) is 12.2 Å². The normalized spacial score (nSPS) is 14.4. The van der Waals surface area contributed by atoms with Crippen molar-refractivity contribution in [3.05, 3.63) is 18.6 Å². The molecule has 2 rings (SSSR count). The summed E-state index contributed by atoms with van der Waals surface area (Å²) >= 11 is 0. The number of rotatable bonds is 5. The molecule has 0 radical (unpaired) electrons. The molecule has 6 nitrogen and oxygen atoms in total. The summed E-state index contributed by atoms with van der Waals surface area (Å²) in [5.74, 6) is 1.46. The Balaban J connectivity index is 2.25. The van der Waals surface area contributed by atoms with Crippen molar-refractivity contribution in [1.29, 1.82) is 0 Å². The molecule has 0 saturated heterocycles. The van der Waals surface area contributed by atoms with Gasteiger partial charge in [0.05, 0.1) is 6.20 Å². The number of imidazole rings is 1. The van der Waals surface area contributed by atoms with Crippen LogP contribution in [0.25, 0.3) is 5.65 Å². The van der Waals surface area contributed by atoms with Crippen molar-refractivity contribution < 1.29 is 4.21 Å². The molecule has 2 aromatic heterocycles. The van der Waals surface area contributed by atoms with Crippen molar-refractivity contribution in [3.8, 4) is 0 Å². The Hall–Kier alpha value is -1.63. The Morgan fingerprint density at radius 3 is 3.00 bits per heavy atom. The molecule has 2 N–H and O–H groups in total. The maximum atomic E-state index is 11.3. The number of fused-ring (bicyclic) bond motifs is 1. The second kappa shape index (κ2) is 5.34. The van der Waals surface area contributed by atoms with E-state index in [0.717, 1.165) is 11.5 Å². The quantitative estimate of drug-likeness (QED) is 0.844. The number of hydrogen-bond donors (Lipinski definition) is 2. The zero-order chi connectivity index (χ0) is 13.1. The first-order valence-corrected chi connectivity index (χ1v) is 7.31. The minimum Gasteiger partial charge on any atom is -0.372 e. The van der Waals surface area contributed by atoms with E-state index in [1.54, 1.807) is 12.5 Å². The molecule has 2 atom stereocenters. The topological polar surface area (TPSA) is 71.3 Å². The van der Waals surface area contributed by atoms with Gasteiger partial charge in [0.25, 0.3) is 0 Å². The van der Waals surface area contributed by atoms with Crippen molar-refractivity contribution in [2.24, 2.45) is 0 Å². The molecule has 0 bridgehead atoms. The second-order valence-corrected chi connectivity index (χ2v) is 5.87. The zero-order valence-corrected chi connectivity index (χ0v) is 11.5. The van der Waals surface area contributed by atoms with Gasteiger partial charge in [-0.25, -0.2) is 9.97 Å². The Labute approximate surface area is 108 Å². The van der Waals surface area contributed by atoms with E-state index in [1.165, 1.54) is 0 Å². The van der Waals surface area contributed by atoms with Gasteiger partial charge in [0.2, 0.25) is 0 Å². The summed E-state index contributed by atoms with van der Waals surface area (Å²) in [5.41, 5.74) is 0.767. The van der Waals surface area contributed by atoms with E-state index in [-0.39, 0.29) is 5.25 Å². The highest BCUT2D eigenvalue weighted by molar-refractivity contribution is 7.84. The van der Waals surface area contributed by atoms with Gasteiger partial charge in [-0.1, -0.05) is 0 Å². The highest BCUT2D eigenvalue weighted by Gasteiger charge is 2.10. The largest absolute Gasteiger partial charge is 0.372 e. The van der Waals surface area contributed by atoms with Crippen LogP contribution in [0.1, 0.15) is 6.92 Å². The molecule has 0 spiro atoms. The van der Waals surface area contributed by atoms with E-state index in [2.05, 4.69) is 20.6 Å². The first-order chi connectivity index (χ1) is 8.61. The van der Waals surface area contributed by atoms with E-state index in [4.69, 9.17) is 0 Å². The average molecular weight is 267 g/mol. The number of nitrogens with one attached hydrogen (secondary N) is 2. The molecular formula is C11H17N5OS. The van der Waals surface area contributed by atoms with Crippen LogP contribution in [0.2, 0.25) is 0 Å². The van der Waals surface area contributed by atoms with Gasteiger partial charge in [-0.15, -0.1) is 0 Å². The molecule has 7 heteroatoms. The Kier molecular flexibility index (Phi) is 3.81. The van der Waals surface area contributed by atoms with Crippen LogP contribution in [0, 0.1) is 0 Å². The third-order valence-electron chi connectivity index (χ3n) is 2.75. The molecule has 98 valence electrons. The lowest BCUT2D eigenvalue weighted by molar-refractivity contribution is 0.679. The van der Waals surface area contributed by atoms with Crippen LogP contribution in [0.3, 0.4) is 0 Å². The molecule has 0 amide bonds. The summed E-state index contributed by atoms with van der Waals surface area (Å²) in [6, 6.07) is 0. The van der Waals surface area contributed by atoms with Crippen LogP contribution in [0.4, 0.5) is 11.6 Å². The van der Waals surface area contributed by atoms with Crippen molar-refractivity contribution in [2.75, 3.05) is 30.5 Å². The molecule has 18 heavy (non-hydrogen) atoms. The smallest absolute Gasteiger partial charge is 0.180 e. The molecular weight excluding hydrogens is 250 g/mol. The van der Waals surface area contributed by atoms with Gasteiger partial charge >= 0.3 is 0 Å². The Bertz CT molecular complexity index is 568. The van der Waals surface area contributed by atoms with Gasteiger partial charge in [0.1, 0.15) is 5.82 Å². The van der Waals surface area contributed by atoms with Crippen molar-refractivity contribution in [1.82, 2.24) is 14.4 Å². The third kappa shape index (κ3) is 2.61. The average Bonchev–Trinajstić information content (AvgIpc) is 2.83. The van der Waals surface area contributed by atoms with E-state index < -0.39 is 10.8 Å². The predicted octanol–water partition coefficient (Wildman–Crippen LogP) is 0.950. The molecule has 0 aromatic carbocycles. The van der Waals surface area contributed by atoms with Gasteiger partial charge in [-0.2, -0.15) is 0 Å². The molecule has 2 aromatic rings. The molecule has 0 aliphatic heterocycles. The van der Waals surface area contributed by atoms with E-state index in [0.29, 0.717) is 12.4 Å². The monoisotopic (exact) mass is 267 g/mol. The highest BCUT2D eigenvalue weighted by Crippen LogP contribution is 2.16. The van der Waals surface area contributed by atoms with Crippen molar-refractivity contribution >= 4 is 28.1 Å². The van der Waals surface area contributed by atoms with Crippen LogP contribution in [-0.4, -0.2) is 43.7 Å². The number of nitrogens with zero attached hydrogens (tertiary/aromatic N) is 3. The highest BCUT2D eigenvalue weighted by atomic mass is 32.2. The second-order valence-electron chi connectivity index (χ2n) is 4.07. The van der Waals surface area contributed by atoms with Gasteiger partial charge < -0.3 is 15.0 Å². The first kappa shape index (κ1) is 12.8. The minimum atomic E-state index is -0.848. The van der Waals surface area contributed by atoms with Crippen LogP contribution in [0.5, 0.6) is 0 Å². The summed E-state index contributed by atoms with van der Waals surface area (Å²) in [5, 5.41) is 6.27. The fourth-order valence-electron chi connectivity index (χ4n) is 1.53. The summed E-state index contributed by atoms with van der Waals surface area (Å²) in [6.45, 7) is 2.54. The lowest BCUT2D eigenvalue weighted by Crippen LogP contribution is -2.21. The fourth-order valence-corrected chi connectivity index (χ4v) is 1.85. The lowest BCUT2D eigenvalue weighted by Gasteiger charge is -2.12. The van der Waals surface area contributed by atoms with E-state index >= 15 is 0 Å². The molecule has 0 saturated carbocycles. The summed E-state index contributed by atoms with van der Waals surface area (Å²) in [4.78, 5) is 8.67. The molecule has 2 heterocycles. The summed E-state index contributed by atoms with van der Waals surface area (Å²) < 4.78 is 13.2. The minimum absolute atomic E-state index is 0.0695. The third-order valence-corrected chi connectivity index (χ3v) is 4.05. The van der Waals surface area contributed by atoms with Crippen LogP contribution < -0.4 is 10.6 Å². The van der Waals surface area contributed by atoms with Crippen LogP contribution in [0.15, 0.2) is 18.6 Å². The number of hydrogen-bond acceptors (Lipinski definition) is 5. The maximum absolute atomic E-state index is 11.3. The van der Waals surface area contributed by atoms with Gasteiger partial charge in [-0.05, 0) is 6.92 Å². The van der Waals surface area contributed by atoms with Crippen LogP contribution in [-0.2, 0) is 10.8 Å². The summed E-state index contributed by atoms with van der Waals surface area (Å²) in [6.07, 6.45) is 7.16. The van der Waals surface area contributed by atoms with Crippen LogP contribution >= 0.6 is 0 Å². The van der Waals surface area contributed by atoms with E-state index in [9.17, 15) is 4.21 Å². The Morgan fingerprint density at radius 2 is 2.33 bits per heavy atom. The zero-order valence-electron chi connectivity index (χ0n) is 10.7. The SMILES string of the molecule is CNc1cn2ccnc2c(NCC(C)S(C)=O)n1. The lowest BCUT2D eigenvalue weighted by atomic mass is 10.4. The standard InChI is InChI=1S/C11H17N5OS/c1-8(18(3)17)6-14-10-11-13-4-5-16(11)7-9(12-2)15-10/h4-5,7-8,12H,6H2,1-3H3,(H,14,15). The predicted molar refractivity (Wildman–Crippen MR) is 74.6 cm³/mol. The fraction of sp³-hybridized carbons (Fsp3) is 0.455. The van der Waals surface area contributed by atoms with Crippen molar-refractivity contribution in [3.63, 3.8) is 0 Å². The van der Waals surface area contributed by atoms with Gasteiger partial charge in [0, 0.05) is 48.3 Å². The number of aromatic nitrogens is 3. The molecule has 0 aliphatic carbocycles.